The Kier molecular flexibility index (Phi) is 9.99. The Morgan fingerprint density at radius 3 is 1.56 bits per heavy atom. The average Bonchev–Trinajstić information content (AvgIpc) is 2.70. The number of aliphatic hydroxyl groups excluding tert-OH is 3. The lowest BCUT2D eigenvalue weighted by atomic mass is 9.59. The van der Waals surface area contributed by atoms with E-state index in [-0.39, 0.29) is 16.7 Å². The van der Waals surface area contributed by atoms with Gasteiger partial charge in [-0.1, -0.05) is 98.8 Å². The summed E-state index contributed by atoms with van der Waals surface area (Å²) in [5, 5.41) is 44.2. The highest BCUT2D eigenvalue weighted by atomic mass is 16.3. The van der Waals surface area contributed by atoms with Gasteiger partial charge in [-0.25, -0.2) is 0 Å². The standard InChI is InChI=1S/C28H50O4/c1-10-12-13-21(11-2)16-28(32,27(17-29,18-30)19-31)24-22(25(4,5)6)14-20(3)15-23(24)26(7,8)9/h14-15,21,29-32H,10-13,16-19H2,1-9H3. The van der Waals surface area contributed by atoms with Crippen molar-refractivity contribution in [1.29, 1.82) is 0 Å². The molecule has 0 aliphatic heterocycles. The van der Waals surface area contributed by atoms with Crippen molar-refractivity contribution in [3.8, 4) is 0 Å². The van der Waals surface area contributed by atoms with Crippen molar-refractivity contribution >= 4 is 0 Å². The summed E-state index contributed by atoms with van der Waals surface area (Å²) < 4.78 is 0. The first-order valence-corrected chi connectivity index (χ1v) is 12.4. The SMILES string of the molecule is CCCCC(CC)CC(O)(c1c(C(C)(C)C)cc(C)cc1C(C)(C)C)C(CO)(CO)CO. The summed E-state index contributed by atoms with van der Waals surface area (Å²) in [6.07, 6.45) is 4.38. The van der Waals surface area contributed by atoms with Crippen molar-refractivity contribution < 1.29 is 20.4 Å². The van der Waals surface area contributed by atoms with Gasteiger partial charge in [0.15, 0.2) is 0 Å². The van der Waals surface area contributed by atoms with E-state index in [1.54, 1.807) is 0 Å². The fourth-order valence-corrected chi connectivity index (χ4v) is 4.90. The number of aliphatic hydroxyl groups is 4. The lowest BCUT2D eigenvalue weighted by Crippen LogP contribution is -2.56. The molecule has 4 heteroatoms. The van der Waals surface area contributed by atoms with Crippen LogP contribution in [0.25, 0.3) is 0 Å². The molecule has 0 amide bonds. The summed E-state index contributed by atoms with van der Waals surface area (Å²) in [5.74, 6) is 0.214. The van der Waals surface area contributed by atoms with Crippen molar-refractivity contribution in [1.82, 2.24) is 0 Å². The lowest BCUT2D eigenvalue weighted by Gasteiger charge is -2.50. The van der Waals surface area contributed by atoms with E-state index in [1.807, 2.05) is 0 Å². The van der Waals surface area contributed by atoms with Crippen LogP contribution in [-0.2, 0) is 16.4 Å². The van der Waals surface area contributed by atoms with Crippen molar-refractivity contribution in [2.45, 2.75) is 111 Å². The largest absolute Gasteiger partial charge is 0.395 e. The number of hydrogen-bond donors (Lipinski definition) is 4. The highest BCUT2D eigenvalue weighted by Gasteiger charge is 2.54. The average molecular weight is 451 g/mol. The summed E-state index contributed by atoms with van der Waals surface area (Å²) >= 11 is 0. The Morgan fingerprint density at radius 2 is 1.25 bits per heavy atom. The van der Waals surface area contributed by atoms with Gasteiger partial charge in [0.1, 0.15) is 5.60 Å². The fourth-order valence-electron chi connectivity index (χ4n) is 4.90. The fraction of sp³-hybridized carbons (Fsp3) is 0.786. The van der Waals surface area contributed by atoms with E-state index in [0.717, 1.165) is 47.9 Å². The zero-order valence-electron chi connectivity index (χ0n) is 22.2. The predicted molar refractivity (Wildman–Crippen MR) is 134 cm³/mol. The van der Waals surface area contributed by atoms with Crippen LogP contribution in [0.4, 0.5) is 0 Å². The van der Waals surface area contributed by atoms with E-state index in [1.165, 1.54) is 0 Å². The molecule has 0 aliphatic rings. The molecule has 0 spiro atoms. The van der Waals surface area contributed by atoms with Gasteiger partial charge >= 0.3 is 0 Å². The highest BCUT2D eigenvalue weighted by molar-refractivity contribution is 5.50. The van der Waals surface area contributed by atoms with Crippen LogP contribution in [0, 0.1) is 18.3 Å². The number of hydrogen-bond acceptors (Lipinski definition) is 4. The van der Waals surface area contributed by atoms with Gasteiger partial charge in [0.05, 0.1) is 25.2 Å². The van der Waals surface area contributed by atoms with Gasteiger partial charge in [0.25, 0.3) is 0 Å². The lowest BCUT2D eigenvalue weighted by molar-refractivity contribution is -0.171. The van der Waals surface area contributed by atoms with Gasteiger partial charge in [0.2, 0.25) is 0 Å². The Balaban J connectivity index is 4.11. The highest BCUT2D eigenvalue weighted by Crippen LogP contribution is 2.51. The van der Waals surface area contributed by atoms with Gasteiger partial charge in [-0.3, -0.25) is 0 Å². The summed E-state index contributed by atoms with van der Waals surface area (Å²) in [5.41, 5.74) is 0.325. The molecule has 0 aromatic heterocycles. The van der Waals surface area contributed by atoms with E-state index in [0.29, 0.717) is 6.42 Å². The van der Waals surface area contributed by atoms with Crippen molar-refractivity contribution in [3.63, 3.8) is 0 Å². The molecule has 1 aromatic carbocycles. The molecule has 4 N–H and O–H groups in total. The van der Waals surface area contributed by atoms with Crippen LogP contribution in [0.15, 0.2) is 12.1 Å². The van der Waals surface area contributed by atoms with E-state index < -0.39 is 30.8 Å². The Labute approximate surface area is 197 Å². The Hall–Kier alpha value is -0.940. The second-order valence-electron chi connectivity index (χ2n) is 12.0. The molecular weight excluding hydrogens is 400 g/mol. The minimum absolute atomic E-state index is 0.214. The number of rotatable bonds is 11. The molecule has 32 heavy (non-hydrogen) atoms. The van der Waals surface area contributed by atoms with Crippen LogP contribution in [0.5, 0.6) is 0 Å². The molecule has 4 nitrogen and oxygen atoms in total. The third kappa shape index (κ3) is 5.94. The zero-order chi connectivity index (χ0) is 25.0. The van der Waals surface area contributed by atoms with E-state index in [2.05, 4.69) is 74.4 Å². The molecule has 1 rings (SSSR count). The molecule has 1 aromatic rings. The molecule has 0 radical (unpaired) electrons. The molecule has 0 saturated carbocycles. The van der Waals surface area contributed by atoms with Crippen LogP contribution in [-0.4, -0.2) is 40.2 Å². The smallest absolute Gasteiger partial charge is 0.103 e. The van der Waals surface area contributed by atoms with Crippen molar-refractivity contribution in [2.75, 3.05) is 19.8 Å². The van der Waals surface area contributed by atoms with Crippen molar-refractivity contribution in [3.05, 3.63) is 34.4 Å². The summed E-state index contributed by atoms with van der Waals surface area (Å²) in [6.45, 7) is 17.6. The quantitative estimate of drug-likeness (QED) is 0.366. The minimum atomic E-state index is -1.58. The maximum Gasteiger partial charge on any atom is 0.103 e. The van der Waals surface area contributed by atoms with Crippen LogP contribution in [0.3, 0.4) is 0 Å². The maximum absolute atomic E-state index is 12.7. The third-order valence-electron chi connectivity index (χ3n) is 7.22. The van der Waals surface area contributed by atoms with Gasteiger partial charge in [-0.05, 0) is 46.8 Å². The Morgan fingerprint density at radius 1 is 0.812 bits per heavy atom. The van der Waals surface area contributed by atoms with Crippen LogP contribution < -0.4 is 0 Å². The number of unbranched alkanes of at least 4 members (excludes halogenated alkanes) is 1. The molecular formula is C28H50O4. The first kappa shape index (κ1) is 29.1. The van der Waals surface area contributed by atoms with E-state index in [4.69, 9.17) is 0 Å². The van der Waals surface area contributed by atoms with Gasteiger partial charge < -0.3 is 20.4 Å². The third-order valence-corrected chi connectivity index (χ3v) is 7.22. The van der Waals surface area contributed by atoms with Crippen LogP contribution in [0.2, 0.25) is 0 Å². The monoisotopic (exact) mass is 450 g/mol. The molecule has 2 unspecified atom stereocenters. The summed E-state index contributed by atoms with van der Waals surface area (Å²) in [7, 11) is 0. The molecule has 0 fully saturated rings. The Bertz CT molecular complexity index is 679. The first-order chi connectivity index (χ1) is 14.7. The topological polar surface area (TPSA) is 80.9 Å². The van der Waals surface area contributed by atoms with Gasteiger partial charge in [-0.2, -0.15) is 0 Å². The maximum atomic E-state index is 12.7. The van der Waals surface area contributed by atoms with E-state index in [9.17, 15) is 20.4 Å². The van der Waals surface area contributed by atoms with Crippen LogP contribution >= 0.6 is 0 Å². The second-order valence-corrected chi connectivity index (χ2v) is 12.0. The van der Waals surface area contributed by atoms with Crippen molar-refractivity contribution in [2.24, 2.45) is 11.3 Å². The molecule has 0 heterocycles. The van der Waals surface area contributed by atoms with Crippen LogP contribution in [0.1, 0.15) is 110 Å². The minimum Gasteiger partial charge on any atom is -0.395 e. The van der Waals surface area contributed by atoms with Gasteiger partial charge in [-0.15, -0.1) is 0 Å². The predicted octanol–water partition coefficient (Wildman–Crippen LogP) is 5.35. The number of aryl methyl sites for hydroxylation is 1. The molecule has 0 bridgehead atoms. The molecule has 0 aliphatic carbocycles. The molecule has 0 saturated heterocycles. The number of benzene rings is 1. The molecule has 2 atom stereocenters. The zero-order valence-corrected chi connectivity index (χ0v) is 22.2. The second kappa shape index (κ2) is 11.0. The van der Waals surface area contributed by atoms with E-state index >= 15 is 0 Å². The summed E-state index contributed by atoms with van der Waals surface area (Å²) in [4.78, 5) is 0. The normalized spacial score (nSPS) is 16.2. The van der Waals surface area contributed by atoms with Gasteiger partial charge in [0, 0.05) is 0 Å². The first-order valence-electron chi connectivity index (χ1n) is 12.4. The summed E-state index contributed by atoms with van der Waals surface area (Å²) in [6, 6.07) is 4.25. The molecule has 186 valence electrons.